The van der Waals surface area contributed by atoms with Gasteiger partial charge in [0.25, 0.3) is 11.8 Å². The zero-order chi connectivity index (χ0) is 15.8. The van der Waals surface area contributed by atoms with Crippen LogP contribution in [0.25, 0.3) is 0 Å². The molecule has 0 aliphatic carbocycles. The molecule has 21 heavy (non-hydrogen) atoms. The molecule has 2 rings (SSSR count). The van der Waals surface area contributed by atoms with Crippen molar-refractivity contribution < 1.29 is 23.6 Å². The number of rotatable bonds is 5. The van der Waals surface area contributed by atoms with Gasteiger partial charge in [-0.1, -0.05) is 26.0 Å². The molecule has 0 aromatic heterocycles. The molecule has 0 fully saturated rings. The van der Waals surface area contributed by atoms with Gasteiger partial charge in [0.2, 0.25) is 0 Å². The molecule has 0 saturated heterocycles. The van der Waals surface area contributed by atoms with Crippen molar-refractivity contribution >= 4 is 19.4 Å². The van der Waals surface area contributed by atoms with Crippen molar-refractivity contribution in [3.8, 4) is 0 Å². The smallest absolute Gasteiger partial charge is 0.323 e. The summed E-state index contributed by atoms with van der Waals surface area (Å²) in [7, 11) is -3.00. The number of benzene rings is 1. The maximum absolute atomic E-state index is 12.4. The number of fused-ring (bicyclic) bond motifs is 1. The Kier molecular flexibility index (Phi) is 4.33. The molecule has 0 spiro atoms. The highest BCUT2D eigenvalue weighted by atomic mass is 31.2. The van der Waals surface area contributed by atoms with Gasteiger partial charge in [0.05, 0.1) is 11.1 Å². The summed E-state index contributed by atoms with van der Waals surface area (Å²) in [5.74, 6) is -2.25. The lowest BCUT2D eigenvalue weighted by Crippen LogP contribution is -2.40. The van der Waals surface area contributed by atoms with Crippen molar-refractivity contribution in [3.63, 3.8) is 0 Å². The van der Waals surface area contributed by atoms with Gasteiger partial charge in [-0.25, -0.2) is 0 Å². The quantitative estimate of drug-likeness (QED) is 0.667. The van der Waals surface area contributed by atoms with E-state index in [1.165, 1.54) is 12.1 Å². The number of carbonyl (C=O) groups is 2. The van der Waals surface area contributed by atoms with Gasteiger partial charge in [0, 0.05) is 7.11 Å². The van der Waals surface area contributed by atoms with E-state index in [4.69, 9.17) is 0 Å². The summed E-state index contributed by atoms with van der Waals surface area (Å²) in [5.41, 5.74) is 0.514. The topological polar surface area (TPSA) is 83.9 Å². The fourth-order valence-corrected chi connectivity index (χ4v) is 3.84. The van der Waals surface area contributed by atoms with Crippen LogP contribution >= 0.6 is 7.60 Å². The highest BCUT2D eigenvalue weighted by Crippen LogP contribution is 2.52. The number of amides is 2. The van der Waals surface area contributed by atoms with E-state index in [1.54, 1.807) is 12.1 Å². The van der Waals surface area contributed by atoms with Crippen molar-refractivity contribution in [1.29, 1.82) is 0 Å². The molecular weight excluding hydrogens is 293 g/mol. The van der Waals surface area contributed by atoms with E-state index >= 15 is 0 Å². The first-order valence-electron chi connectivity index (χ1n) is 6.64. The normalized spacial score (nSPS) is 18.8. The van der Waals surface area contributed by atoms with E-state index in [9.17, 15) is 19.0 Å². The van der Waals surface area contributed by atoms with Crippen LogP contribution < -0.4 is 0 Å². The molecule has 2 atom stereocenters. The van der Waals surface area contributed by atoms with Gasteiger partial charge in [-0.15, -0.1) is 0 Å². The number of hydrogen-bond donors (Lipinski definition) is 1. The van der Waals surface area contributed by atoms with Crippen LogP contribution in [0.4, 0.5) is 0 Å². The molecule has 1 aliphatic heterocycles. The Labute approximate surface area is 123 Å². The number of nitrogens with zero attached hydrogens (tertiary/aromatic N) is 1. The summed E-state index contributed by atoms with van der Waals surface area (Å²) < 4.78 is 16.9. The molecule has 0 saturated carbocycles. The van der Waals surface area contributed by atoms with E-state index in [-0.39, 0.29) is 23.5 Å². The second-order valence-electron chi connectivity index (χ2n) is 5.38. The summed E-state index contributed by atoms with van der Waals surface area (Å²) in [4.78, 5) is 35.7. The first kappa shape index (κ1) is 15.9. The van der Waals surface area contributed by atoms with Gasteiger partial charge in [-0.2, -0.15) is 0 Å². The first-order valence-corrected chi connectivity index (χ1v) is 8.29. The lowest BCUT2D eigenvalue weighted by Gasteiger charge is -2.29. The summed E-state index contributed by atoms with van der Waals surface area (Å²) in [6.45, 7) is 3.70. The summed E-state index contributed by atoms with van der Waals surface area (Å²) in [5, 5.41) is 0. The second kappa shape index (κ2) is 5.72. The van der Waals surface area contributed by atoms with E-state index in [1.807, 2.05) is 13.8 Å². The fraction of sp³-hybridized carbons (Fsp3) is 0.429. The molecule has 1 heterocycles. The Morgan fingerprint density at radius 1 is 1.19 bits per heavy atom. The number of imide groups is 1. The summed E-state index contributed by atoms with van der Waals surface area (Å²) in [6.07, 6.45) is 0.201. The minimum atomic E-state index is -4.11. The van der Waals surface area contributed by atoms with Crippen LogP contribution in [0.2, 0.25) is 0 Å². The lowest BCUT2D eigenvalue weighted by atomic mass is 10.1. The number of carbonyl (C=O) groups excluding carboxylic acids is 2. The highest BCUT2D eigenvalue weighted by Gasteiger charge is 2.47. The largest absolute Gasteiger partial charge is 0.350 e. The second-order valence-corrected chi connectivity index (χ2v) is 7.47. The van der Waals surface area contributed by atoms with E-state index in [0.717, 1.165) is 12.0 Å². The Hall–Kier alpha value is -1.49. The average Bonchev–Trinajstić information content (AvgIpc) is 2.69. The van der Waals surface area contributed by atoms with Crippen molar-refractivity contribution in [2.45, 2.75) is 26.1 Å². The van der Waals surface area contributed by atoms with Gasteiger partial charge >= 0.3 is 7.60 Å². The average molecular weight is 311 g/mol. The maximum atomic E-state index is 12.4. The van der Waals surface area contributed by atoms with Gasteiger partial charge in [-0.3, -0.25) is 19.1 Å². The van der Waals surface area contributed by atoms with Crippen molar-refractivity contribution in [2.24, 2.45) is 5.92 Å². The van der Waals surface area contributed by atoms with Crippen LogP contribution in [0.3, 0.4) is 0 Å². The van der Waals surface area contributed by atoms with Crippen molar-refractivity contribution in [3.05, 3.63) is 35.4 Å². The third-order valence-electron chi connectivity index (χ3n) is 3.44. The van der Waals surface area contributed by atoms with E-state index in [0.29, 0.717) is 0 Å². The predicted octanol–water partition coefficient (Wildman–Crippen LogP) is 2.49. The molecule has 1 N–H and O–H groups in total. The van der Waals surface area contributed by atoms with Crippen LogP contribution in [0.15, 0.2) is 24.3 Å². The van der Waals surface area contributed by atoms with Crippen molar-refractivity contribution in [2.75, 3.05) is 7.11 Å². The van der Waals surface area contributed by atoms with Gasteiger partial charge < -0.3 is 9.42 Å². The Morgan fingerprint density at radius 3 is 2.05 bits per heavy atom. The van der Waals surface area contributed by atoms with E-state index < -0.39 is 25.2 Å². The number of hydrogen-bond acceptors (Lipinski definition) is 4. The van der Waals surface area contributed by atoms with Crippen LogP contribution in [-0.2, 0) is 9.09 Å². The molecule has 2 amide bonds. The molecule has 0 bridgehead atoms. The third-order valence-corrected chi connectivity index (χ3v) is 5.16. The zero-order valence-electron chi connectivity index (χ0n) is 12.1. The Bertz CT molecular complexity index is 593. The van der Waals surface area contributed by atoms with E-state index in [2.05, 4.69) is 4.52 Å². The lowest BCUT2D eigenvalue weighted by molar-refractivity contribution is 0.0597. The van der Waals surface area contributed by atoms with Gasteiger partial charge in [0.1, 0.15) is 5.78 Å². The zero-order valence-corrected chi connectivity index (χ0v) is 13.0. The Balaban J connectivity index is 2.46. The Morgan fingerprint density at radius 2 is 1.67 bits per heavy atom. The minimum Gasteiger partial charge on any atom is -0.323 e. The first-order chi connectivity index (χ1) is 9.79. The molecule has 1 aliphatic rings. The van der Waals surface area contributed by atoms with Crippen molar-refractivity contribution in [1.82, 2.24) is 4.90 Å². The van der Waals surface area contributed by atoms with Gasteiger partial charge in [-0.05, 0) is 24.5 Å². The molecule has 6 nitrogen and oxygen atoms in total. The van der Waals surface area contributed by atoms with Crippen LogP contribution in [-0.4, -0.2) is 34.5 Å². The maximum Gasteiger partial charge on any atom is 0.350 e. The third kappa shape index (κ3) is 2.79. The molecule has 114 valence electrons. The molecule has 1 aromatic carbocycles. The predicted molar refractivity (Wildman–Crippen MR) is 77.0 cm³/mol. The molecule has 0 radical (unpaired) electrons. The minimum absolute atomic E-state index is 0.0231. The highest BCUT2D eigenvalue weighted by molar-refractivity contribution is 7.53. The van der Waals surface area contributed by atoms with Crippen LogP contribution in [0, 0.1) is 5.92 Å². The molecule has 1 unspecified atom stereocenters. The SMILES string of the molecule is COP(=O)(O)[C@@H](CC(C)C)N1C(=O)c2ccccc2C1=O. The summed E-state index contributed by atoms with van der Waals surface area (Å²) >= 11 is 0. The monoisotopic (exact) mass is 311 g/mol. The molecule has 7 heteroatoms. The van der Waals surface area contributed by atoms with Crippen LogP contribution in [0.1, 0.15) is 41.0 Å². The fourth-order valence-electron chi connectivity index (χ4n) is 2.41. The standard InChI is InChI=1S/C14H18NO5P/c1-9(2)8-12(21(18,19)20-3)15-13(16)10-6-4-5-7-11(10)14(15)17/h4-7,9,12H,8H2,1-3H3,(H,18,19)/t12-/m0/s1. The molecule has 1 aromatic rings. The molecular formula is C14H18NO5P. The van der Waals surface area contributed by atoms with Crippen LogP contribution in [0.5, 0.6) is 0 Å². The summed E-state index contributed by atoms with van der Waals surface area (Å²) in [6, 6.07) is 6.38. The van der Waals surface area contributed by atoms with Gasteiger partial charge in [0.15, 0.2) is 0 Å².